The second kappa shape index (κ2) is 3.93. The van der Waals surface area contributed by atoms with E-state index in [1.807, 2.05) is 17.4 Å². The highest BCUT2D eigenvalue weighted by Crippen LogP contribution is 2.51. The molecule has 1 saturated carbocycles. The molecule has 0 radical (unpaired) electrons. The molecule has 1 fully saturated rings. The summed E-state index contributed by atoms with van der Waals surface area (Å²) in [6.45, 7) is 2.86. The van der Waals surface area contributed by atoms with Gasteiger partial charge in [0.2, 0.25) is 0 Å². The van der Waals surface area contributed by atoms with E-state index in [-0.39, 0.29) is 5.41 Å². The predicted octanol–water partition coefficient (Wildman–Crippen LogP) is 3.11. The quantitative estimate of drug-likeness (QED) is 0.901. The van der Waals surface area contributed by atoms with Crippen LogP contribution in [0.1, 0.15) is 23.4 Å². The summed E-state index contributed by atoms with van der Waals surface area (Å²) >= 11 is 1.82. The number of hydrogen-bond acceptors (Lipinski definition) is 3. The first kappa shape index (κ1) is 10.9. The Morgan fingerprint density at radius 3 is 2.59 bits per heavy atom. The van der Waals surface area contributed by atoms with Gasteiger partial charge >= 0.3 is 0 Å². The van der Waals surface area contributed by atoms with Crippen molar-refractivity contribution in [2.45, 2.75) is 25.2 Å². The Bertz CT molecular complexity index is 526. The van der Waals surface area contributed by atoms with Gasteiger partial charge in [0, 0.05) is 22.4 Å². The molecule has 3 heteroatoms. The number of thiazole rings is 1. The van der Waals surface area contributed by atoms with Crippen molar-refractivity contribution in [3.05, 3.63) is 40.9 Å². The van der Waals surface area contributed by atoms with Crippen LogP contribution >= 0.6 is 11.3 Å². The zero-order valence-electron chi connectivity index (χ0n) is 9.94. The third-order valence-electron chi connectivity index (χ3n) is 3.54. The van der Waals surface area contributed by atoms with Crippen LogP contribution in [-0.4, -0.2) is 11.5 Å². The second-order valence-electron chi connectivity index (χ2n) is 4.78. The van der Waals surface area contributed by atoms with Crippen LogP contribution in [0.15, 0.2) is 30.3 Å². The topological polar surface area (TPSA) is 38.9 Å². The minimum absolute atomic E-state index is 0.259. The lowest BCUT2D eigenvalue weighted by molar-refractivity contribution is 0.712. The summed E-state index contributed by atoms with van der Waals surface area (Å²) in [5.41, 5.74) is 8.53. The largest absolute Gasteiger partial charge is 0.330 e. The molecular weight excluding hydrogens is 228 g/mol. The minimum Gasteiger partial charge on any atom is -0.330 e. The Balaban J connectivity index is 2.02. The molecule has 0 aliphatic heterocycles. The number of nitrogens with zero attached hydrogens (tertiary/aromatic N) is 1. The minimum atomic E-state index is 0.259. The zero-order valence-corrected chi connectivity index (χ0v) is 10.8. The average molecular weight is 244 g/mol. The van der Waals surface area contributed by atoms with Gasteiger partial charge in [-0.2, -0.15) is 0 Å². The molecule has 1 heterocycles. The van der Waals surface area contributed by atoms with Gasteiger partial charge in [0.1, 0.15) is 5.01 Å². The summed E-state index contributed by atoms with van der Waals surface area (Å²) < 4.78 is 0. The Kier molecular flexibility index (Phi) is 2.53. The van der Waals surface area contributed by atoms with Crippen LogP contribution in [0, 0.1) is 6.92 Å². The fourth-order valence-corrected chi connectivity index (χ4v) is 3.59. The smallest absolute Gasteiger partial charge is 0.123 e. The van der Waals surface area contributed by atoms with Crippen molar-refractivity contribution >= 4 is 11.3 Å². The molecule has 1 aliphatic carbocycles. The van der Waals surface area contributed by atoms with E-state index in [9.17, 15) is 0 Å². The van der Waals surface area contributed by atoms with Gasteiger partial charge < -0.3 is 5.73 Å². The molecule has 0 spiro atoms. The molecule has 2 aromatic rings. The van der Waals surface area contributed by atoms with Crippen LogP contribution in [0.4, 0.5) is 0 Å². The standard InChI is InChI=1S/C14H16N2S/c1-10-12(14(9-15)7-8-14)17-13(16-10)11-5-3-2-4-6-11/h2-6H,7-9,15H2,1H3. The highest BCUT2D eigenvalue weighted by Gasteiger charge is 2.45. The van der Waals surface area contributed by atoms with Gasteiger partial charge in [-0.3, -0.25) is 0 Å². The number of aryl methyl sites for hydroxylation is 1. The van der Waals surface area contributed by atoms with E-state index < -0.39 is 0 Å². The Morgan fingerprint density at radius 1 is 1.29 bits per heavy atom. The normalized spacial score (nSPS) is 17.1. The van der Waals surface area contributed by atoms with Crippen LogP contribution in [-0.2, 0) is 5.41 Å². The lowest BCUT2D eigenvalue weighted by atomic mass is 10.0. The molecule has 0 bridgehead atoms. The lowest BCUT2D eigenvalue weighted by Gasteiger charge is -2.09. The molecule has 1 aromatic carbocycles. The Labute approximate surface area is 106 Å². The van der Waals surface area contributed by atoms with Gasteiger partial charge in [0.15, 0.2) is 0 Å². The van der Waals surface area contributed by atoms with Crippen LogP contribution < -0.4 is 5.73 Å². The number of benzene rings is 1. The van der Waals surface area contributed by atoms with Crippen LogP contribution in [0.2, 0.25) is 0 Å². The number of rotatable bonds is 3. The van der Waals surface area contributed by atoms with E-state index in [1.165, 1.54) is 23.3 Å². The van der Waals surface area contributed by atoms with Gasteiger partial charge in [-0.15, -0.1) is 11.3 Å². The first-order chi connectivity index (χ1) is 8.25. The van der Waals surface area contributed by atoms with Crippen LogP contribution in [0.3, 0.4) is 0 Å². The first-order valence-corrected chi connectivity index (χ1v) is 6.80. The number of nitrogens with two attached hydrogens (primary N) is 1. The molecule has 0 saturated heterocycles. The average Bonchev–Trinajstić information content (AvgIpc) is 3.07. The summed E-state index contributed by atoms with van der Waals surface area (Å²) in [6, 6.07) is 10.4. The molecule has 2 nitrogen and oxygen atoms in total. The van der Waals surface area contributed by atoms with Gasteiger partial charge in [-0.05, 0) is 19.8 Å². The van der Waals surface area contributed by atoms with E-state index in [0.717, 1.165) is 17.2 Å². The van der Waals surface area contributed by atoms with Gasteiger partial charge in [0.25, 0.3) is 0 Å². The molecule has 1 aliphatic rings. The van der Waals surface area contributed by atoms with Gasteiger partial charge in [0.05, 0.1) is 5.69 Å². The van der Waals surface area contributed by atoms with Crippen molar-refractivity contribution < 1.29 is 0 Å². The Hall–Kier alpha value is -1.19. The fraction of sp³-hybridized carbons (Fsp3) is 0.357. The van der Waals surface area contributed by atoms with Crippen LogP contribution in [0.5, 0.6) is 0 Å². The first-order valence-electron chi connectivity index (χ1n) is 5.99. The summed E-state index contributed by atoms with van der Waals surface area (Å²) in [5, 5.41) is 1.12. The molecule has 0 atom stereocenters. The molecule has 2 N–H and O–H groups in total. The number of hydrogen-bond donors (Lipinski definition) is 1. The fourth-order valence-electron chi connectivity index (χ4n) is 2.27. The van der Waals surface area contributed by atoms with Crippen molar-refractivity contribution in [3.8, 4) is 10.6 Å². The van der Waals surface area contributed by atoms with E-state index >= 15 is 0 Å². The molecular formula is C14H16N2S. The molecule has 1 aromatic heterocycles. The van der Waals surface area contributed by atoms with E-state index in [2.05, 4.69) is 31.2 Å². The van der Waals surface area contributed by atoms with E-state index in [1.54, 1.807) is 0 Å². The van der Waals surface area contributed by atoms with E-state index in [0.29, 0.717) is 0 Å². The molecule has 17 heavy (non-hydrogen) atoms. The molecule has 88 valence electrons. The summed E-state index contributed by atoms with van der Waals surface area (Å²) in [6.07, 6.45) is 2.45. The van der Waals surface area contributed by atoms with Crippen molar-refractivity contribution in [1.82, 2.24) is 4.98 Å². The van der Waals surface area contributed by atoms with Crippen LogP contribution in [0.25, 0.3) is 10.6 Å². The third kappa shape index (κ3) is 1.79. The number of aromatic nitrogens is 1. The van der Waals surface area contributed by atoms with Crippen molar-refractivity contribution in [2.24, 2.45) is 5.73 Å². The summed E-state index contributed by atoms with van der Waals surface area (Å²) in [7, 11) is 0. The van der Waals surface area contributed by atoms with Crippen molar-refractivity contribution in [2.75, 3.05) is 6.54 Å². The third-order valence-corrected chi connectivity index (χ3v) is 5.00. The highest BCUT2D eigenvalue weighted by atomic mass is 32.1. The predicted molar refractivity (Wildman–Crippen MR) is 72.3 cm³/mol. The molecule has 3 rings (SSSR count). The second-order valence-corrected chi connectivity index (χ2v) is 5.78. The maximum atomic E-state index is 5.90. The lowest BCUT2D eigenvalue weighted by Crippen LogP contribution is -2.19. The van der Waals surface area contributed by atoms with E-state index in [4.69, 9.17) is 10.7 Å². The van der Waals surface area contributed by atoms with Gasteiger partial charge in [-0.25, -0.2) is 4.98 Å². The van der Waals surface area contributed by atoms with Crippen molar-refractivity contribution in [3.63, 3.8) is 0 Å². The molecule has 0 amide bonds. The summed E-state index contributed by atoms with van der Waals surface area (Å²) in [4.78, 5) is 6.10. The highest BCUT2D eigenvalue weighted by molar-refractivity contribution is 7.15. The maximum Gasteiger partial charge on any atom is 0.123 e. The maximum absolute atomic E-state index is 5.90. The molecule has 0 unspecified atom stereocenters. The monoisotopic (exact) mass is 244 g/mol. The Morgan fingerprint density at radius 2 is 2.00 bits per heavy atom. The zero-order chi connectivity index (χ0) is 11.9. The summed E-state index contributed by atoms with van der Waals surface area (Å²) in [5.74, 6) is 0. The van der Waals surface area contributed by atoms with Crippen molar-refractivity contribution in [1.29, 1.82) is 0 Å². The van der Waals surface area contributed by atoms with Gasteiger partial charge in [-0.1, -0.05) is 30.3 Å². The SMILES string of the molecule is Cc1nc(-c2ccccc2)sc1C1(CN)CC1.